The maximum Gasteiger partial charge on any atom is 0.119 e. The van der Waals surface area contributed by atoms with Crippen LogP contribution in [0.1, 0.15) is 5.56 Å². The molecule has 5 nitrogen and oxygen atoms in total. The fourth-order valence-corrected chi connectivity index (χ4v) is 2.53. The van der Waals surface area contributed by atoms with Crippen molar-refractivity contribution < 1.29 is 4.74 Å². The van der Waals surface area contributed by atoms with E-state index in [4.69, 9.17) is 10.5 Å². The normalized spacial score (nSPS) is 10.9. The molecular formula is C14H13BrN4O. The summed E-state index contributed by atoms with van der Waals surface area (Å²) in [4.78, 5) is 1.60. The van der Waals surface area contributed by atoms with E-state index in [0.717, 1.165) is 32.5 Å². The van der Waals surface area contributed by atoms with E-state index in [2.05, 4.69) is 26.1 Å². The average Bonchev–Trinajstić information content (AvgIpc) is 2.89. The van der Waals surface area contributed by atoms with Gasteiger partial charge in [-0.05, 0) is 53.2 Å². The molecule has 1 heterocycles. The van der Waals surface area contributed by atoms with E-state index in [1.54, 1.807) is 11.9 Å². The molecule has 0 amide bonds. The summed E-state index contributed by atoms with van der Waals surface area (Å²) in [6.07, 6.45) is 0. The van der Waals surface area contributed by atoms with E-state index in [9.17, 15) is 0 Å². The number of hydrogen-bond donors (Lipinski definition) is 1. The fourth-order valence-electron chi connectivity index (χ4n) is 2.02. The van der Waals surface area contributed by atoms with Gasteiger partial charge in [0, 0.05) is 10.0 Å². The molecule has 0 bridgehead atoms. The Morgan fingerprint density at radius 3 is 2.55 bits per heavy atom. The molecule has 1 aromatic heterocycles. The van der Waals surface area contributed by atoms with Gasteiger partial charge in [-0.2, -0.15) is 4.80 Å². The molecule has 0 spiro atoms. The molecular weight excluding hydrogens is 320 g/mol. The van der Waals surface area contributed by atoms with Crippen LogP contribution in [0, 0.1) is 6.92 Å². The molecule has 0 aliphatic heterocycles. The molecule has 0 unspecified atom stereocenters. The summed E-state index contributed by atoms with van der Waals surface area (Å²) in [5, 5.41) is 8.98. The van der Waals surface area contributed by atoms with Crippen molar-refractivity contribution in [3.05, 3.63) is 40.4 Å². The number of rotatable bonds is 2. The van der Waals surface area contributed by atoms with Gasteiger partial charge in [-0.3, -0.25) is 0 Å². The first kappa shape index (κ1) is 12.9. The van der Waals surface area contributed by atoms with E-state index in [1.165, 1.54) is 0 Å². The summed E-state index contributed by atoms with van der Waals surface area (Å²) < 4.78 is 5.98. The first-order valence-electron chi connectivity index (χ1n) is 6.06. The highest BCUT2D eigenvalue weighted by atomic mass is 79.9. The second kappa shape index (κ2) is 4.79. The third-order valence-corrected chi connectivity index (χ3v) is 3.88. The van der Waals surface area contributed by atoms with Crippen molar-refractivity contribution >= 4 is 32.7 Å². The largest absolute Gasteiger partial charge is 0.497 e. The van der Waals surface area contributed by atoms with Crippen molar-refractivity contribution in [2.45, 2.75) is 6.92 Å². The standard InChI is InChI=1S/C14H13BrN4O/c1-8-13(16)11(15)7-12-14(8)18-19(17-12)9-3-5-10(20-2)6-4-9/h3-7H,16H2,1-2H3. The minimum atomic E-state index is 0.694. The Hall–Kier alpha value is -2.08. The van der Waals surface area contributed by atoms with Gasteiger partial charge in [0.1, 0.15) is 16.8 Å². The summed E-state index contributed by atoms with van der Waals surface area (Å²) in [6.45, 7) is 1.94. The molecule has 2 N–H and O–H groups in total. The Bertz CT molecular complexity index is 780. The van der Waals surface area contributed by atoms with E-state index >= 15 is 0 Å². The monoisotopic (exact) mass is 332 g/mol. The quantitative estimate of drug-likeness (QED) is 0.732. The van der Waals surface area contributed by atoms with Gasteiger partial charge < -0.3 is 10.5 Å². The smallest absolute Gasteiger partial charge is 0.119 e. The van der Waals surface area contributed by atoms with E-state index in [-0.39, 0.29) is 0 Å². The van der Waals surface area contributed by atoms with Crippen LogP contribution in [-0.2, 0) is 0 Å². The molecule has 0 saturated heterocycles. The molecule has 0 aliphatic carbocycles. The molecule has 2 aromatic carbocycles. The molecule has 3 aromatic rings. The Morgan fingerprint density at radius 1 is 1.20 bits per heavy atom. The maximum absolute atomic E-state index is 5.99. The number of nitrogens with zero attached hydrogens (tertiary/aromatic N) is 3. The molecule has 0 fully saturated rings. The van der Waals surface area contributed by atoms with Crippen molar-refractivity contribution in [3.63, 3.8) is 0 Å². The number of anilines is 1. The maximum atomic E-state index is 5.99. The second-order valence-electron chi connectivity index (χ2n) is 4.45. The number of halogens is 1. The minimum absolute atomic E-state index is 0.694. The lowest BCUT2D eigenvalue weighted by Gasteiger charge is -2.02. The predicted octanol–water partition coefficient (Wildman–Crippen LogP) is 3.08. The summed E-state index contributed by atoms with van der Waals surface area (Å²) in [6, 6.07) is 9.45. The Balaban J connectivity index is 2.15. The topological polar surface area (TPSA) is 66.0 Å². The summed E-state index contributed by atoms with van der Waals surface area (Å²) in [5.74, 6) is 0.800. The lowest BCUT2D eigenvalue weighted by Crippen LogP contribution is -1.98. The first-order chi connectivity index (χ1) is 9.60. The van der Waals surface area contributed by atoms with Gasteiger partial charge in [0.15, 0.2) is 0 Å². The fraction of sp³-hybridized carbons (Fsp3) is 0.143. The van der Waals surface area contributed by atoms with Crippen molar-refractivity contribution in [1.82, 2.24) is 15.0 Å². The molecule has 102 valence electrons. The summed E-state index contributed by atoms with van der Waals surface area (Å²) in [7, 11) is 1.64. The number of hydrogen-bond acceptors (Lipinski definition) is 4. The van der Waals surface area contributed by atoms with Gasteiger partial charge in [0.05, 0.1) is 18.5 Å². The molecule has 0 atom stereocenters. The molecule has 20 heavy (non-hydrogen) atoms. The zero-order chi connectivity index (χ0) is 14.3. The Labute approximate surface area is 124 Å². The lowest BCUT2D eigenvalue weighted by atomic mass is 10.2. The molecule has 0 saturated carbocycles. The SMILES string of the molecule is COc1ccc(-n2nc3cc(Br)c(N)c(C)c3n2)cc1. The first-order valence-corrected chi connectivity index (χ1v) is 6.85. The Kier molecular flexibility index (Phi) is 3.10. The number of aryl methyl sites for hydroxylation is 1. The van der Waals surface area contributed by atoms with Crippen molar-refractivity contribution in [2.24, 2.45) is 0 Å². The highest BCUT2D eigenvalue weighted by Gasteiger charge is 2.12. The number of nitrogens with two attached hydrogens (primary N) is 1. The summed E-state index contributed by atoms with van der Waals surface area (Å²) >= 11 is 3.43. The molecule has 0 radical (unpaired) electrons. The van der Waals surface area contributed by atoms with E-state index in [0.29, 0.717) is 5.69 Å². The zero-order valence-corrected chi connectivity index (χ0v) is 12.7. The number of methoxy groups -OCH3 is 1. The van der Waals surface area contributed by atoms with Crippen LogP contribution >= 0.6 is 15.9 Å². The van der Waals surface area contributed by atoms with Gasteiger partial charge in [-0.1, -0.05) is 0 Å². The zero-order valence-electron chi connectivity index (χ0n) is 11.1. The predicted molar refractivity (Wildman–Crippen MR) is 82.3 cm³/mol. The van der Waals surface area contributed by atoms with Crippen molar-refractivity contribution in [1.29, 1.82) is 0 Å². The van der Waals surface area contributed by atoms with E-state index < -0.39 is 0 Å². The summed E-state index contributed by atoms with van der Waals surface area (Å²) in [5.41, 5.74) is 10.1. The van der Waals surface area contributed by atoms with Crippen molar-refractivity contribution in [3.8, 4) is 11.4 Å². The van der Waals surface area contributed by atoms with Gasteiger partial charge in [0.25, 0.3) is 0 Å². The van der Waals surface area contributed by atoms with Crippen LogP contribution in [0.25, 0.3) is 16.7 Å². The number of nitrogen functional groups attached to an aromatic ring is 1. The third kappa shape index (κ3) is 2.02. The number of aromatic nitrogens is 3. The van der Waals surface area contributed by atoms with Crippen LogP contribution in [0.2, 0.25) is 0 Å². The average molecular weight is 333 g/mol. The van der Waals surface area contributed by atoms with Gasteiger partial charge in [-0.25, -0.2) is 0 Å². The van der Waals surface area contributed by atoms with Crippen LogP contribution in [-0.4, -0.2) is 22.1 Å². The van der Waals surface area contributed by atoms with Crippen molar-refractivity contribution in [2.75, 3.05) is 12.8 Å². The van der Waals surface area contributed by atoms with Crippen LogP contribution in [0.3, 0.4) is 0 Å². The van der Waals surface area contributed by atoms with Crippen LogP contribution < -0.4 is 10.5 Å². The third-order valence-electron chi connectivity index (χ3n) is 3.22. The number of ether oxygens (including phenoxy) is 1. The molecule has 6 heteroatoms. The van der Waals surface area contributed by atoms with Gasteiger partial charge in [-0.15, -0.1) is 10.2 Å². The van der Waals surface area contributed by atoms with Gasteiger partial charge >= 0.3 is 0 Å². The minimum Gasteiger partial charge on any atom is -0.497 e. The van der Waals surface area contributed by atoms with E-state index in [1.807, 2.05) is 37.3 Å². The Morgan fingerprint density at radius 2 is 1.90 bits per heavy atom. The second-order valence-corrected chi connectivity index (χ2v) is 5.31. The number of benzene rings is 2. The van der Waals surface area contributed by atoms with Crippen LogP contribution in [0.5, 0.6) is 5.75 Å². The highest BCUT2D eigenvalue weighted by molar-refractivity contribution is 9.10. The number of fused-ring (bicyclic) bond motifs is 1. The molecule has 3 rings (SSSR count). The highest BCUT2D eigenvalue weighted by Crippen LogP contribution is 2.29. The van der Waals surface area contributed by atoms with Crippen LogP contribution in [0.15, 0.2) is 34.8 Å². The molecule has 0 aliphatic rings. The van der Waals surface area contributed by atoms with Gasteiger partial charge in [0.2, 0.25) is 0 Å². The lowest BCUT2D eigenvalue weighted by molar-refractivity contribution is 0.414. The van der Waals surface area contributed by atoms with Crippen LogP contribution in [0.4, 0.5) is 5.69 Å².